The molecule has 1 fully saturated rings. The molecule has 5 nitrogen and oxygen atoms in total. The number of carbonyl (C=O) groups is 1. The van der Waals surface area contributed by atoms with Crippen LogP contribution < -0.4 is 4.74 Å². The number of aromatic nitrogens is 1. The van der Waals surface area contributed by atoms with Crippen LogP contribution >= 0.6 is 0 Å². The molecule has 2 heterocycles. The Morgan fingerprint density at radius 2 is 2.04 bits per heavy atom. The van der Waals surface area contributed by atoms with Crippen molar-refractivity contribution in [3.8, 4) is 5.75 Å². The zero-order valence-electron chi connectivity index (χ0n) is 15.0. The molecule has 2 unspecified atom stereocenters. The topological polar surface area (TPSA) is 45.7 Å². The van der Waals surface area contributed by atoms with Gasteiger partial charge in [-0.15, -0.1) is 0 Å². The minimum atomic E-state index is 0.0777. The summed E-state index contributed by atoms with van der Waals surface area (Å²) in [5.74, 6) is 1.33. The number of likely N-dealkylation sites (tertiary alicyclic amines) is 1. The Hall–Kier alpha value is -2.14. The molecule has 128 valence electrons. The molecule has 1 aromatic carbocycles. The van der Waals surface area contributed by atoms with Crippen LogP contribution in [0.2, 0.25) is 0 Å². The van der Waals surface area contributed by atoms with Crippen LogP contribution in [-0.4, -0.2) is 61.0 Å². The first-order valence-electron chi connectivity index (χ1n) is 8.31. The molecule has 24 heavy (non-hydrogen) atoms. The van der Waals surface area contributed by atoms with Crippen LogP contribution in [0.15, 0.2) is 24.3 Å². The largest absolute Gasteiger partial charge is 0.497 e. The maximum atomic E-state index is 13.0. The predicted octanol–water partition coefficient (Wildman–Crippen LogP) is 2.57. The first kappa shape index (κ1) is 16.7. The van der Waals surface area contributed by atoms with Crippen molar-refractivity contribution in [1.82, 2.24) is 14.8 Å². The molecular weight excluding hydrogens is 302 g/mol. The van der Waals surface area contributed by atoms with Crippen LogP contribution in [0.1, 0.15) is 23.0 Å². The molecule has 2 aromatic rings. The molecule has 3 rings (SSSR count). The average Bonchev–Trinajstić information content (AvgIpc) is 2.95. The molecule has 0 saturated carbocycles. The van der Waals surface area contributed by atoms with Gasteiger partial charge in [-0.3, -0.25) is 9.78 Å². The average molecular weight is 327 g/mol. The third-order valence-electron chi connectivity index (χ3n) is 4.97. The summed E-state index contributed by atoms with van der Waals surface area (Å²) in [5, 5.41) is 0.959. The van der Waals surface area contributed by atoms with Gasteiger partial charge in [0.1, 0.15) is 5.75 Å². The highest BCUT2D eigenvalue weighted by Crippen LogP contribution is 2.25. The molecule has 0 radical (unpaired) electrons. The number of rotatable bonds is 3. The van der Waals surface area contributed by atoms with Crippen molar-refractivity contribution in [2.75, 3.05) is 34.3 Å². The van der Waals surface area contributed by atoms with Crippen molar-refractivity contribution in [3.05, 3.63) is 35.5 Å². The number of amides is 1. The van der Waals surface area contributed by atoms with E-state index in [4.69, 9.17) is 4.74 Å². The number of hydrogen-bond acceptors (Lipinski definition) is 4. The molecule has 0 aliphatic carbocycles. The van der Waals surface area contributed by atoms with Crippen LogP contribution in [-0.2, 0) is 0 Å². The Morgan fingerprint density at radius 3 is 2.67 bits per heavy atom. The minimum Gasteiger partial charge on any atom is -0.497 e. The number of likely N-dealkylation sites (N-methyl/N-ethyl adjacent to an activating group) is 1. The van der Waals surface area contributed by atoms with E-state index in [0.717, 1.165) is 35.4 Å². The molecule has 2 atom stereocenters. The molecule has 0 N–H and O–H groups in total. The summed E-state index contributed by atoms with van der Waals surface area (Å²) >= 11 is 0. The number of carbonyl (C=O) groups excluding carboxylic acids is 1. The SMILES string of the molecule is COc1ccc2cc(C(=O)N3CC(C)C(N(C)C)C3)c(C)nc2c1. The maximum Gasteiger partial charge on any atom is 0.255 e. The number of fused-ring (bicyclic) bond motifs is 1. The molecule has 1 aliphatic heterocycles. The smallest absolute Gasteiger partial charge is 0.255 e. The van der Waals surface area contributed by atoms with Gasteiger partial charge in [-0.1, -0.05) is 6.92 Å². The predicted molar refractivity (Wildman–Crippen MR) is 95.6 cm³/mol. The summed E-state index contributed by atoms with van der Waals surface area (Å²) in [5.41, 5.74) is 2.31. The fourth-order valence-electron chi connectivity index (χ4n) is 3.54. The van der Waals surface area contributed by atoms with Gasteiger partial charge in [0.2, 0.25) is 0 Å². The van der Waals surface area contributed by atoms with Crippen molar-refractivity contribution in [3.63, 3.8) is 0 Å². The van der Waals surface area contributed by atoms with Gasteiger partial charge in [0.25, 0.3) is 5.91 Å². The van der Waals surface area contributed by atoms with E-state index in [1.54, 1.807) is 7.11 Å². The van der Waals surface area contributed by atoms with Crippen LogP contribution in [0.25, 0.3) is 10.9 Å². The summed E-state index contributed by atoms with van der Waals surface area (Å²) in [7, 11) is 5.79. The zero-order chi connectivity index (χ0) is 17.4. The summed E-state index contributed by atoms with van der Waals surface area (Å²) in [6.45, 7) is 5.67. The van der Waals surface area contributed by atoms with Crippen molar-refractivity contribution in [2.24, 2.45) is 5.92 Å². The van der Waals surface area contributed by atoms with Gasteiger partial charge in [0.05, 0.1) is 23.9 Å². The summed E-state index contributed by atoms with van der Waals surface area (Å²) < 4.78 is 5.25. The monoisotopic (exact) mass is 327 g/mol. The van der Waals surface area contributed by atoms with Crippen LogP contribution in [0.5, 0.6) is 5.75 Å². The quantitative estimate of drug-likeness (QED) is 0.869. The lowest BCUT2D eigenvalue weighted by molar-refractivity contribution is 0.0780. The highest BCUT2D eigenvalue weighted by Gasteiger charge is 2.34. The minimum absolute atomic E-state index is 0.0777. The summed E-state index contributed by atoms with van der Waals surface area (Å²) in [6, 6.07) is 8.11. The number of aryl methyl sites for hydroxylation is 1. The van der Waals surface area contributed by atoms with E-state index in [9.17, 15) is 4.79 Å². The molecule has 1 saturated heterocycles. The number of methoxy groups -OCH3 is 1. The van der Waals surface area contributed by atoms with Gasteiger partial charge < -0.3 is 14.5 Å². The Morgan fingerprint density at radius 1 is 1.29 bits per heavy atom. The molecule has 0 spiro atoms. The number of nitrogens with zero attached hydrogens (tertiary/aromatic N) is 3. The van der Waals surface area contributed by atoms with E-state index in [2.05, 4.69) is 30.9 Å². The van der Waals surface area contributed by atoms with Gasteiger partial charge in [0.15, 0.2) is 0 Å². The molecule has 5 heteroatoms. The van der Waals surface area contributed by atoms with Crippen molar-refractivity contribution >= 4 is 16.8 Å². The normalized spacial score (nSPS) is 20.8. The van der Waals surface area contributed by atoms with Crippen LogP contribution in [0.3, 0.4) is 0 Å². The molecule has 1 aliphatic rings. The number of ether oxygens (including phenoxy) is 1. The second kappa shape index (κ2) is 6.40. The summed E-state index contributed by atoms with van der Waals surface area (Å²) in [4.78, 5) is 21.8. The lowest BCUT2D eigenvalue weighted by Gasteiger charge is -2.22. The second-order valence-corrected chi connectivity index (χ2v) is 6.90. The molecule has 1 amide bonds. The van der Waals surface area contributed by atoms with E-state index in [-0.39, 0.29) is 5.91 Å². The van der Waals surface area contributed by atoms with Crippen LogP contribution in [0, 0.1) is 12.8 Å². The van der Waals surface area contributed by atoms with Gasteiger partial charge in [0, 0.05) is 30.6 Å². The standard InChI is InChI=1S/C19H25N3O2/c1-12-10-22(11-18(12)21(3)4)19(23)16-8-14-6-7-15(24-5)9-17(14)20-13(16)2/h6-9,12,18H,10-11H2,1-5H3. The first-order chi connectivity index (χ1) is 11.4. The van der Waals surface area contributed by atoms with E-state index >= 15 is 0 Å². The molecule has 1 aromatic heterocycles. The summed E-state index contributed by atoms with van der Waals surface area (Å²) in [6.07, 6.45) is 0. The van der Waals surface area contributed by atoms with Gasteiger partial charge in [-0.25, -0.2) is 0 Å². The zero-order valence-corrected chi connectivity index (χ0v) is 15.0. The van der Waals surface area contributed by atoms with E-state index < -0.39 is 0 Å². The van der Waals surface area contributed by atoms with Crippen molar-refractivity contribution in [1.29, 1.82) is 0 Å². The first-order valence-corrected chi connectivity index (χ1v) is 8.31. The second-order valence-electron chi connectivity index (χ2n) is 6.90. The lowest BCUT2D eigenvalue weighted by Crippen LogP contribution is -2.36. The Bertz CT molecular complexity index is 773. The highest BCUT2D eigenvalue weighted by atomic mass is 16.5. The van der Waals surface area contributed by atoms with Crippen molar-refractivity contribution in [2.45, 2.75) is 19.9 Å². The molecule has 0 bridgehead atoms. The number of hydrogen-bond donors (Lipinski definition) is 0. The van der Waals surface area contributed by atoms with E-state index in [0.29, 0.717) is 17.5 Å². The third-order valence-corrected chi connectivity index (χ3v) is 4.97. The maximum absolute atomic E-state index is 13.0. The molecular formula is C19H25N3O2. The Balaban J connectivity index is 1.91. The third kappa shape index (κ3) is 2.96. The van der Waals surface area contributed by atoms with Gasteiger partial charge in [-0.2, -0.15) is 0 Å². The number of pyridine rings is 1. The lowest BCUT2D eigenvalue weighted by atomic mass is 10.1. The van der Waals surface area contributed by atoms with E-state index in [1.165, 1.54) is 0 Å². The Kier molecular flexibility index (Phi) is 4.45. The fraction of sp³-hybridized carbons (Fsp3) is 0.474. The highest BCUT2D eigenvalue weighted by molar-refractivity contribution is 5.99. The Labute approximate surface area is 143 Å². The van der Waals surface area contributed by atoms with Crippen molar-refractivity contribution < 1.29 is 9.53 Å². The number of benzene rings is 1. The van der Waals surface area contributed by atoms with Gasteiger partial charge in [-0.05, 0) is 45.1 Å². The fourth-order valence-corrected chi connectivity index (χ4v) is 3.54. The van der Waals surface area contributed by atoms with Gasteiger partial charge >= 0.3 is 0 Å². The van der Waals surface area contributed by atoms with Crippen LogP contribution in [0.4, 0.5) is 0 Å². The van der Waals surface area contributed by atoms with E-state index in [1.807, 2.05) is 36.1 Å².